The van der Waals surface area contributed by atoms with Gasteiger partial charge in [0.1, 0.15) is 23.3 Å². The number of benzene rings is 3. The Kier molecular flexibility index (Phi) is 8.13. The average molecular weight is 625 g/mol. The van der Waals surface area contributed by atoms with Crippen LogP contribution in [0.25, 0.3) is 66.8 Å². The van der Waals surface area contributed by atoms with E-state index in [1.807, 2.05) is 123 Å². The summed E-state index contributed by atoms with van der Waals surface area (Å²) in [6.45, 7) is 4.47. The van der Waals surface area contributed by atoms with Gasteiger partial charge in [-0.2, -0.15) is 20.5 Å². The van der Waals surface area contributed by atoms with E-state index >= 15 is 0 Å². The summed E-state index contributed by atoms with van der Waals surface area (Å²) in [5.41, 5.74) is 8.16. The monoisotopic (exact) mass is 624 g/mol. The molecule has 0 fully saturated rings. The fourth-order valence-electron chi connectivity index (χ4n) is 5.90. The highest BCUT2D eigenvalue weighted by atomic mass is 16.5. The van der Waals surface area contributed by atoms with Gasteiger partial charge in [0.15, 0.2) is 11.3 Å². The Balaban J connectivity index is 1.35. The highest BCUT2D eigenvalue weighted by molar-refractivity contribution is 5.99. The molecule has 0 amide bonds. The van der Waals surface area contributed by atoms with Crippen molar-refractivity contribution in [1.82, 2.24) is 19.9 Å². The summed E-state index contributed by atoms with van der Waals surface area (Å²) in [5.74, 6) is 0.525. The first-order valence-corrected chi connectivity index (χ1v) is 15.6. The quantitative estimate of drug-likeness (QED) is 0.165. The molecule has 48 heavy (non-hydrogen) atoms. The van der Waals surface area contributed by atoms with E-state index in [1.54, 1.807) is 0 Å². The Morgan fingerprint density at radius 2 is 0.917 bits per heavy atom. The Labute approximate surface area is 277 Å². The summed E-state index contributed by atoms with van der Waals surface area (Å²) in [6.07, 6.45) is 0. The van der Waals surface area contributed by atoms with Gasteiger partial charge in [0.25, 0.3) is 0 Å². The largest absolute Gasteiger partial charge is 0.477 e. The van der Waals surface area contributed by atoms with Crippen molar-refractivity contribution in [1.29, 1.82) is 10.5 Å². The van der Waals surface area contributed by atoms with Gasteiger partial charge in [-0.05, 0) is 55.3 Å². The smallest absolute Gasteiger partial charge is 0.234 e. The van der Waals surface area contributed by atoms with Gasteiger partial charge < -0.3 is 9.47 Å². The zero-order chi connectivity index (χ0) is 33.0. The maximum atomic E-state index is 10.1. The Morgan fingerprint density at radius 1 is 0.500 bits per heavy atom. The van der Waals surface area contributed by atoms with Crippen LogP contribution in [-0.4, -0.2) is 33.1 Å². The molecule has 0 atom stereocenters. The minimum Gasteiger partial charge on any atom is -0.477 e. The summed E-state index contributed by atoms with van der Waals surface area (Å²) < 4.78 is 11.6. The van der Waals surface area contributed by atoms with Gasteiger partial charge in [-0.3, -0.25) is 0 Å². The van der Waals surface area contributed by atoms with Gasteiger partial charge in [0, 0.05) is 33.0 Å². The molecule has 3 aromatic carbocycles. The number of fused-ring (bicyclic) bond motifs is 2. The molecule has 4 aromatic heterocycles. The van der Waals surface area contributed by atoms with Crippen LogP contribution in [0, 0.1) is 22.7 Å². The molecule has 0 aliphatic carbocycles. The van der Waals surface area contributed by atoms with Crippen molar-refractivity contribution in [2.45, 2.75) is 13.8 Å². The summed E-state index contributed by atoms with van der Waals surface area (Å²) in [5, 5.41) is 21.7. The first-order valence-electron chi connectivity index (χ1n) is 15.6. The third-order valence-electron chi connectivity index (χ3n) is 8.00. The van der Waals surface area contributed by atoms with Crippen molar-refractivity contribution in [2.24, 2.45) is 0 Å². The molecule has 0 radical (unpaired) electrons. The molecule has 0 aliphatic heterocycles. The van der Waals surface area contributed by atoms with Crippen LogP contribution in [0.4, 0.5) is 0 Å². The van der Waals surface area contributed by atoms with E-state index in [1.165, 1.54) is 0 Å². The van der Waals surface area contributed by atoms with E-state index in [0.717, 1.165) is 44.2 Å². The lowest BCUT2D eigenvalue weighted by molar-refractivity contribution is 0.327. The number of nitrogens with zero attached hydrogens (tertiary/aromatic N) is 6. The lowest BCUT2D eigenvalue weighted by atomic mass is 9.96. The fourth-order valence-corrected chi connectivity index (χ4v) is 5.90. The summed E-state index contributed by atoms with van der Waals surface area (Å²) in [7, 11) is 0. The van der Waals surface area contributed by atoms with Crippen molar-refractivity contribution < 1.29 is 9.47 Å². The topological polar surface area (TPSA) is 118 Å². The maximum Gasteiger partial charge on any atom is 0.234 e. The van der Waals surface area contributed by atoms with Crippen molar-refractivity contribution in [3.05, 3.63) is 120 Å². The second-order valence-corrected chi connectivity index (χ2v) is 10.9. The van der Waals surface area contributed by atoms with Crippen molar-refractivity contribution in [3.8, 4) is 68.7 Å². The molecule has 0 saturated carbocycles. The van der Waals surface area contributed by atoms with Crippen LogP contribution in [-0.2, 0) is 0 Å². The van der Waals surface area contributed by atoms with Crippen LogP contribution < -0.4 is 9.47 Å². The molecular formula is C40H28N6O2. The molecular weight excluding hydrogens is 596 g/mol. The third kappa shape index (κ3) is 5.42. The van der Waals surface area contributed by atoms with Crippen LogP contribution in [0.3, 0.4) is 0 Å². The molecule has 8 nitrogen and oxygen atoms in total. The molecule has 0 saturated heterocycles. The molecule has 0 bridgehead atoms. The second kappa shape index (κ2) is 13.0. The molecule has 230 valence electrons. The normalized spacial score (nSPS) is 10.8. The van der Waals surface area contributed by atoms with Crippen molar-refractivity contribution >= 4 is 22.1 Å². The number of nitriles is 2. The van der Waals surface area contributed by atoms with Crippen LogP contribution >= 0.6 is 0 Å². The van der Waals surface area contributed by atoms with Crippen LogP contribution in [0.5, 0.6) is 11.8 Å². The zero-order valence-electron chi connectivity index (χ0n) is 26.3. The van der Waals surface area contributed by atoms with E-state index in [-0.39, 0.29) is 11.8 Å². The standard InChI is InChI=1S/C40H28N6O2/c1-3-47-39-31(23-41)35(25-12-7-5-8-13-25)29-18-20-33(43-37(29)45-39)27-16-11-17-28(22-27)34-21-19-30-36(26-14-9-6-10-15-26)32(24-42)40(48-4-2)46-38(30)44-34/h5-22H,3-4H2,1-2H3. The van der Waals surface area contributed by atoms with E-state index in [4.69, 9.17) is 19.4 Å². The van der Waals surface area contributed by atoms with Gasteiger partial charge in [0.2, 0.25) is 11.8 Å². The SMILES string of the molecule is CCOc1nc2nc(-c3cccc(-c4ccc5c(-c6ccccc6)c(C#N)c(OCC)nc5n4)c3)ccc2c(-c2ccccc2)c1C#N. The molecule has 8 heteroatoms. The number of hydrogen-bond acceptors (Lipinski definition) is 8. The van der Waals surface area contributed by atoms with E-state index < -0.39 is 0 Å². The van der Waals surface area contributed by atoms with Crippen LogP contribution in [0.1, 0.15) is 25.0 Å². The third-order valence-corrected chi connectivity index (χ3v) is 8.00. The molecule has 0 N–H and O–H groups in total. The molecule has 0 unspecified atom stereocenters. The minimum atomic E-state index is 0.262. The highest BCUT2D eigenvalue weighted by Crippen LogP contribution is 2.38. The molecule has 7 aromatic rings. The van der Waals surface area contributed by atoms with E-state index in [0.29, 0.717) is 47.0 Å². The summed E-state index contributed by atoms with van der Waals surface area (Å²) in [6, 6.07) is 39.9. The maximum absolute atomic E-state index is 10.1. The lowest BCUT2D eigenvalue weighted by Crippen LogP contribution is -2.02. The number of rotatable bonds is 8. The Morgan fingerprint density at radius 3 is 1.31 bits per heavy atom. The average Bonchev–Trinajstić information content (AvgIpc) is 3.14. The van der Waals surface area contributed by atoms with Gasteiger partial charge in [-0.25, -0.2) is 9.97 Å². The number of hydrogen-bond donors (Lipinski definition) is 0. The lowest BCUT2D eigenvalue weighted by Gasteiger charge is -2.14. The Bertz CT molecular complexity index is 2230. The van der Waals surface area contributed by atoms with Gasteiger partial charge >= 0.3 is 0 Å². The van der Waals surface area contributed by atoms with Crippen molar-refractivity contribution in [3.63, 3.8) is 0 Å². The van der Waals surface area contributed by atoms with Crippen molar-refractivity contribution in [2.75, 3.05) is 13.2 Å². The first kappa shape index (κ1) is 30.0. The summed E-state index contributed by atoms with van der Waals surface area (Å²) in [4.78, 5) is 19.3. The van der Waals surface area contributed by atoms with Crippen LogP contribution in [0.15, 0.2) is 109 Å². The first-order chi connectivity index (χ1) is 23.6. The van der Waals surface area contributed by atoms with Crippen LogP contribution in [0.2, 0.25) is 0 Å². The molecule has 4 heterocycles. The number of ether oxygens (including phenoxy) is 2. The van der Waals surface area contributed by atoms with Gasteiger partial charge in [-0.15, -0.1) is 0 Å². The zero-order valence-corrected chi connectivity index (χ0v) is 26.3. The molecule has 7 rings (SSSR count). The summed E-state index contributed by atoms with van der Waals surface area (Å²) >= 11 is 0. The number of aromatic nitrogens is 4. The highest BCUT2D eigenvalue weighted by Gasteiger charge is 2.21. The molecule has 0 spiro atoms. The second-order valence-electron chi connectivity index (χ2n) is 10.9. The fraction of sp³-hybridized carbons (Fsp3) is 0.100. The predicted molar refractivity (Wildman–Crippen MR) is 186 cm³/mol. The molecule has 0 aliphatic rings. The minimum absolute atomic E-state index is 0.262. The van der Waals surface area contributed by atoms with E-state index in [9.17, 15) is 10.5 Å². The van der Waals surface area contributed by atoms with Gasteiger partial charge in [-0.1, -0.05) is 78.9 Å². The predicted octanol–water partition coefficient (Wildman–Crippen LogP) is 8.78. The number of pyridine rings is 4. The van der Waals surface area contributed by atoms with Gasteiger partial charge in [0.05, 0.1) is 24.6 Å². The Hall–Kier alpha value is -6.64. The van der Waals surface area contributed by atoms with E-state index in [2.05, 4.69) is 22.1 Å².